The Hall–Kier alpha value is -0.870. The number of amides is 1. The van der Waals surface area contributed by atoms with Crippen molar-refractivity contribution in [1.29, 1.82) is 0 Å². The Labute approximate surface area is 131 Å². The first-order valence-corrected chi connectivity index (χ1v) is 8.96. The van der Waals surface area contributed by atoms with Crippen LogP contribution in [0.15, 0.2) is 6.07 Å². The van der Waals surface area contributed by atoms with Crippen LogP contribution in [-0.4, -0.2) is 24.2 Å². The molecule has 21 heavy (non-hydrogen) atoms. The van der Waals surface area contributed by atoms with Crippen LogP contribution in [0.4, 0.5) is 0 Å². The minimum Gasteiger partial charge on any atom is -0.396 e. The van der Waals surface area contributed by atoms with E-state index in [4.69, 9.17) is 0 Å². The van der Waals surface area contributed by atoms with Gasteiger partial charge in [0.05, 0.1) is 11.5 Å². The highest BCUT2D eigenvalue weighted by Crippen LogP contribution is 2.37. The second-order valence-electron chi connectivity index (χ2n) is 6.21. The van der Waals surface area contributed by atoms with Crippen LogP contribution in [-0.2, 0) is 12.8 Å². The van der Waals surface area contributed by atoms with E-state index in [-0.39, 0.29) is 17.9 Å². The summed E-state index contributed by atoms with van der Waals surface area (Å²) in [5.41, 5.74) is 1.23. The Bertz CT molecular complexity index is 475. The first kappa shape index (κ1) is 16.5. The molecule has 0 aromatic carbocycles. The largest absolute Gasteiger partial charge is 0.396 e. The van der Waals surface area contributed by atoms with E-state index in [0.29, 0.717) is 6.54 Å². The lowest BCUT2D eigenvalue weighted by molar-refractivity contribution is 0.0884. The highest BCUT2D eigenvalue weighted by atomic mass is 32.1. The van der Waals surface area contributed by atoms with Gasteiger partial charge in [-0.2, -0.15) is 0 Å². The van der Waals surface area contributed by atoms with Crippen molar-refractivity contribution in [3.8, 4) is 0 Å². The van der Waals surface area contributed by atoms with Gasteiger partial charge in [0.25, 0.3) is 5.91 Å². The molecule has 1 amide bonds. The van der Waals surface area contributed by atoms with Gasteiger partial charge in [0, 0.05) is 16.8 Å². The smallest absolute Gasteiger partial charge is 0.261 e. The summed E-state index contributed by atoms with van der Waals surface area (Å²) in [6.45, 7) is 5.09. The number of carbonyl (C=O) groups is 1. The summed E-state index contributed by atoms with van der Waals surface area (Å²) >= 11 is 1.63. The average Bonchev–Trinajstić information content (AvgIpc) is 3.12. The third-order valence-corrected chi connectivity index (χ3v) is 5.84. The second-order valence-corrected chi connectivity index (χ2v) is 7.35. The summed E-state index contributed by atoms with van der Waals surface area (Å²) in [5.74, 6) is 0.0248. The van der Waals surface area contributed by atoms with E-state index in [1.54, 1.807) is 11.3 Å². The zero-order valence-electron chi connectivity index (χ0n) is 13.2. The fourth-order valence-corrected chi connectivity index (χ4v) is 4.46. The van der Waals surface area contributed by atoms with Gasteiger partial charge >= 0.3 is 0 Å². The van der Waals surface area contributed by atoms with Gasteiger partial charge in [0.2, 0.25) is 0 Å². The molecule has 1 aliphatic carbocycles. The van der Waals surface area contributed by atoms with E-state index < -0.39 is 0 Å². The monoisotopic (exact) mass is 309 g/mol. The molecule has 1 aliphatic rings. The van der Waals surface area contributed by atoms with Gasteiger partial charge in [-0.3, -0.25) is 4.79 Å². The van der Waals surface area contributed by atoms with Gasteiger partial charge in [-0.05, 0) is 37.3 Å². The molecular weight excluding hydrogens is 282 g/mol. The van der Waals surface area contributed by atoms with Crippen molar-refractivity contribution < 1.29 is 9.90 Å². The van der Waals surface area contributed by atoms with Crippen molar-refractivity contribution in [2.75, 3.05) is 13.2 Å². The van der Waals surface area contributed by atoms with Crippen LogP contribution in [0.25, 0.3) is 0 Å². The van der Waals surface area contributed by atoms with Crippen LogP contribution >= 0.6 is 11.3 Å². The van der Waals surface area contributed by atoms with Gasteiger partial charge in [-0.1, -0.05) is 33.1 Å². The van der Waals surface area contributed by atoms with Gasteiger partial charge in [0.1, 0.15) is 0 Å². The lowest BCUT2D eigenvalue weighted by Crippen LogP contribution is -2.38. The molecular formula is C17H27NO2S. The van der Waals surface area contributed by atoms with E-state index >= 15 is 0 Å². The maximum atomic E-state index is 12.4. The predicted octanol–water partition coefficient (Wildman–Crippen LogP) is 3.55. The molecule has 0 spiro atoms. The zero-order valence-corrected chi connectivity index (χ0v) is 14.0. The summed E-state index contributed by atoms with van der Waals surface area (Å²) in [6.07, 6.45) is 7.53. The standard InChI is InChI=1S/C17H27NO2S/c1-3-7-14-13(4-2)10-15(21-14)16(20)18-11-17(12-19)8-5-6-9-17/h10,19H,3-9,11-12H2,1-2H3,(H,18,20). The molecule has 1 heterocycles. The van der Waals surface area contributed by atoms with Crippen LogP contribution in [0.2, 0.25) is 0 Å². The van der Waals surface area contributed by atoms with E-state index in [9.17, 15) is 9.90 Å². The second kappa shape index (κ2) is 7.41. The Morgan fingerprint density at radius 1 is 1.38 bits per heavy atom. The van der Waals surface area contributed by atoms with Gasteiger partial charge < -0.3 is 10.4 Å². The third-order valence-electron chi connectivity index (χ3n) is 4.60. The van der Waals surface area contributed by atoms with Crippen molar-refractivity contribution in [1.82, 2.24) is 5.32 Å². The molecule has 0 bridgehead atoms. The van der Waals surface area contributed by atoms with Crippen molar-refractivity contribution >= 4 is 17.2 Å². The van der Waals surface area contributed by atoms with Crippen LogP contribution in [0.1, 0.15) is 66.1 Å². The molecule has 3 nitrogen and oxygen atoms in total. The quantitative estimate of drug-likeness (QED) is 0.809. The maximum Gasteiger partial charge on any atom is 0.261 e. The number of hydrogen-bond donors (Lipinski definition) is 2. The number of aliphatic hydroxyl groups is 1. The number of aryl methyl sites for hydroxylation is 2. The number of carbonyl (C=O) groups excluding carboxylic acids is 1. The lowest BCUT2D eigenvalue weighted by atomic mass is 9.87. The lowest BCUT2D eigenvalue weighted by Gasteiger charge is -2.26. The normalized spacial score (nSPS) is 17.1. The Kier molecular flexibility index (Phi) is 5.82. The summed E-state index contributed by atoms with van der Waals surface area (Å²) in [7, 11) is 0. The summed E-state index contributed by atoms with van der Waals surface area (Å²) in [6, 6.07) is 2.05. The van der Waals surface area contributed by atoms with Gasteiger partial charge in [-0.25, -0.2) is 0 Å². The Morgan fingerprint density at radius 2 is 2.10 bits per heavy atom. The van der Waals surface area contributed by atoms with Crippen molar-refractivity contribution in [3.05, 3.63) is 21.4 Å². The molecule has 1 aromatic heterocycles. The van der Waals surface area contributed by atoms with E-state index in [1.807, 2.05) is 6.07 Å². The number of thiophene rings is 1. The fourth-order valence-electron chi connectivity index (χ4n) is 3.19. The van der Waals surface area contributed by atoms with Crippen LogP contribution in [0.3, 0.4) is 0 Å². The predicted molar refractivity (Wildman–Crippen MR) is 88.0 cm³/mol. The van der Waals surface area contributed by atoms with E-state index in [1.165, 1.54) is 10.4 Å². The molecule has 1 aromatic rings. The minimum absolute atomic E-state index is 0.0248. The first-order valence-electron chi connectivity index (χ1n) is 8.15. The Morgan fingerprint density at radius 3 is 2.67 bits per heavy atom. The number of hydrogen-bond acceptors (Lipinski definition) is 3. The highest BCUT2D eigenvalue weighted by molar-refractivity contribution is 7.14. The van der Waals surface area contributed by atoms with Crippen molar-refractivity contribution in [3.63, 3.8) is 0 Å². The number of aliphatic hydroxyl groups excluding tert-OH is 1. The third kappa shape index (κ3) is 3.86. The van der Waals surface area contributed by atoms with Crippen LogP contribution in [0.5, 0.6) is 0 Å². The topological polar surface area (TPSA) is 49.3 Å². The maximum absolute atomic E-state index is 12.4. The SMILES string of the molecule is CCCc1sc(C(=O)NCC2(CO)CCCC2)cc1CC. The molecule has 2 rings (SSSR count). The van der Waals surface area contributed by atoms with Crippen molar-refractivity contribution in [2.24, 2.45) is 5.41 Å². The fraction of sp³-hybridized carbons (Fsp3) is 0.706. The molecule has 2 N–H and O–H groups in total. The summed E-state index contributed by atoms with van der Waals surface area (Å²) in [5, 5.41) is 12.7. The molecule has 0 unspecified atom stereocenters. The zero-order chi connectivity index (χ0) is 15.3. The number of nitrogens with one attached hydrogen (secondary N) is 1. The molecule has 0 aliphatic heterocycles. The molecule has 1 saturated carbocycles. The average molecular weight is 309 g/mol. The van der Waals surface area contributed by atoms with Crippen molar-refractivity contribution in [2.45, 2.75) is 58.8 Å². The first-order chi connectivity index (χ1) is 10.1. The molecule has 4 heteroatoms. The number of rotatable bonds is 7. The van der Waals surface area contributed by atoms with E-state index in [0.717, 1.165) is 49.8 Å². The Balaban J connectivity index is 1.99. The minimum atomic E-state index is -0.0766. The van der Waals surface area contributed by atoms with E-state index in [2.05, 4.69) is 19.2 Å². The molecule has 0 radical (unpaired) electrons. The van der Waals surface area contributed by atoms with Crippen LogP contribution in [0, 0.1) is 5.41 Å². The molecule has 1 fully saturated rings. The molecule has 118 valence electrons. The highest BCUT2D eigenvalue weighted by Gasteiger charge is 2.33. The summed E-state index contributed by atoms with van der Waals surface area (Å²) in [4.78, 5) is 14.5. The van der Waals surface area contributed by atoms with Gasteiger partial charge in [-0.15, -0.1) is 11.3 Å². The summed E-state index contributed by atoms with van der Waals surface area (Å²) < 4.78 is 0. The molecule has 0 saturated heterocycles. The van der Waals surface area contributed by atoms with Crippen LogP contribution < -0.4 is 5.32 Å². The van der Waals surface area contributed by atoms with Gasteiger partial charge in [0.15, 0.2) is 0 Å². The molecule has 0 atom stereocenters.